The zero-order chi connectivity index (χ0) is 27.8. The van der Waals surface area contributed by atoms with Crippen LogP contribution in [0.3, 0.4) is 0 Å². The summed E-state index contributed by atoms with van der Waals surface area (Å²) in [6.45, 7) is 13.3. The summed E-state index contributed by atoms with van der Waals surface area (Å²) in [7, 11) is 0. The SMILES string of the molecule is CCN(C(=O)c1cc(F)ccc1Oc1nnc(Cl)nc1C1N(C(=O)OC(C)(C)C)CC12CCNC2)C(C)C. The van der Waals surface area contributed by atoms with Crippen LogP contribution in [0.25, 0.3) is 0 Å². The Morgan fingerprint density at radius 1 is 1.32 bits per heavy atom. The lowest BCUT2D eigenvalue weighted by Gasteiger charge is -2.54. The fourth-order valence-corrected chi connectivity index (χ4v) is 5.24. The molecule has 206 valence electrons. The number of likely N-dealkylation sites (tertiary alicyclic amines) is 1. The highest BCUT2D eigenvalue weighted by Crippen LogP contribution is 2.54. The van der Waals surface area contributed by atoms with Crippen molar-refractivity contribution in [2.24, 2.45) is 5.41 Å². The van der Waals surface area contributed by atoms with Gasteiger partial charge in [-0.05, 0) is 84.3 Å². The maximum atomic E-state index is 14.3. The van der Waals surface area contributed by atoms with Gasteiger partial charge in [0.25, 0.3) is 11.8 Å². The average Bonchev–Trinajstić information content (AvgIpc) is 3.31. The van der Waals surface area contributed by atoms with Gasteiger partial charge in [0.05, 0.1) is 11.6 Å². The van der Waals surface area contributed by atoms with Crippen LogP contribution in [0, 0.1) is 11.2 Å². The third-order valence-corrected chi connectivity index (χ3v) is 6.96. The van der Waals surface area contributed by atoms with Crippen LogP contribution in [0.1, 0.15) is 70.1 Å². The Balaban J connectivity index is 1.75. The number of nitrogens with zero attached hydrogens (tertiary/aromatic N) is 5. The van der Waals surface area contributed by atoms with E-state index >= 15 is 0 Å². The summed E-state index contributed by atoms with van der Waals surface area (Å²) in [5.41, 5.74) is -0.681. The molecule has 2 fully saturated rings. The molecule has 1 spiro atoms. The fraction of sp³-hybridized carbons (Fsp3) is 0.577. The minimum Gasteiger partial charge on any atom is -0.444 e. The zero-order valence-electron chi connectivity index (χ0n) is 22.5. The number of hydrogen-bond acceptors (Lipinski definition) is 8. The van der Waals surface area contributed by atoms with E-state index in [0.717, 1.165) is 19.0 Å². The van der Waals surface area contributed by atoms with Crippen molar-refractivity contribution < 1.29 is 23.5 Å². The van der Waals surface area contributed by atoms with E-state index in [-0.39, 0.29) is 39.8 Å². The monoisotopic (exact) mass is 548 g/mol. The third-order valence-electron chi connectivity index (χ3n) is 6.80. The number of carbonyl (C=O) groups is 2. The Morgan fingerprint density at radius 2 is 2.05 bits per heavy atom. The van der Waals surface area contributed by atoms with Crippen molar-refractivity contribution in [3.8, 4) is 11.6 Å². The number of ether oxygens (including phenoxy) is 2. The van der Waals surface area contributed by atoms with E-state index in [4.69, 9.17) is 21.1 Å². The molecule has 0 radical (unpaired) electrons. The highest BCUT2D eigenvalue weighted by molar-refractivity contribution is 6.28. The molecule has 2 amide bonds. The van der Waals surface area contributed by atoms with Crippen molar-refractivity contribution in [1.82, 2.24) is 30.3 Å². The largest absolute Gasteiger partial charge is 0.444 e. The second kappa shape index (κ2) is 10.6. The number of benzene rings is 1. The highest BCUT2D eigenvalue weighted by atomic mass is 35.5. The molecule has 1 aromatic heterocycles. The van der Waals surface area contributed by atoms with Crippen molar-refractivity contribution in [2.75, 3.05) is 26.2 Å². The summed E-state index contributed by atoms with van der Waals surface area (Å²) >= 11 is 6.17. The van der Waals surface area contributed by atoms with E-state index < -0.39 is 23.6 Å². The van der Waals surface area contributed by atoms with Crippen LogP contribution in [-0.4, -0.2) is 74.8 Å². The van der Waals surface area contributed by atoms with Crippen LogP contribution in [0.5, 0.6) is 11.6 Å². The molecule has 10 nitrogen and oxygen atoms in total. The molecule has 0 aliphatic carbocycles. The molecule has 2 unspecified atom stereocenters. The van der Waals surface area contributed by atoms with Crippen molar-refractivity contribution in [3.63, 3.8) is 0 Å². The van der Waals surface area contributed by atoms with Gasteiger partial charge in [-0.15, -0.1) is 10.2 Å². The molecule has 2 aliphatic heterocycles. The number of nitrogens with one attached hydrogen (secondary N) is 1. The molecule has 2 saturated heterocycles. The number of amides is 2. The van der Waals surface area contributed by atoms with Crippen LogP contribution in [0.2, 0.25) is 5.28 Å². The van der Waals surface area contributed by atoms with E-state index in [1.807, 2.05) is 20.8 Å². The lowest BCUT2D eigenvalue weighted by atomic mass is 9.69. The summed E-state index contributed by atoms with van der Waals surface area (Å²) < 4.78 is 26.0. The van der Waals surface area contributed by atoms with Crippen molar-refractivity contribution in [3.05, 3.63) is 40.6 Å². The summed E-state index contributed by atoms with van der Waals surface area (Å²) in [6.07, 6.45) is 0.298. The minimum absolute atomic E-state index is 0.0211. The Morgan fingerprint density at radius 3 is 2.66 bits per heavy atom. The molecule has 3 heterocycles. The van der Waals surface area contributed by atoms with Gasteiger partial charge in [-0.3, -0.25) is 9.69 Å². The van der Waals surface area contributed by atoms with Gasteiger partial charge >= 0.3 is 6.09 Å². The fourth-order valence-electron chi connectivity index (χ4n) is 5.11. The molecule has 38 heavy (non-hydrogen) atoms. The first-order valence-electron chi connectivity index (χ1n) is 12.7. The number of carbonyl (C=O) groups excluding carboxylic acids is 2. The van der Waals surface area contributed by atoms with Crippen LogP contribution < -0.4 is 10.1 Å². The molecular formula is C26H34ClFN6O4. The van der Waals surface area contributed by atoms with E-state index in [2.05, 4.69) is 20.5 Å². The Bertz CT molecular complexity index is 1210. The molecule has 0 saturated carbocycles. The van der Waals surface area contributed by atoms with Crippen LogP contribution in [0.4, 0.5) is 9.18 Å². The maximum Gasteiger partial charge on any atom is 0.410 e. The molecule has 0 bridgehead atoms. The molecule has 2 aromatic rings. The van der Waals surface area contributed by atoms with E-state index in [1.54, 1.807) is 30.6 Å². The number of hydrogen-bond donors (Lipinski definition) is 1. The maximum absolute atomic E-state index is 14.3. The minimum atomic E-state index is -0.690. The summed E-state index contributed by atoms with van der Waals surface area (Å²) in [5, 5.41) is 11.2. The molecule has 2 aliphatic rings. The van der Waals surface area contributed by atoms with E-state index in [9.17, 15) is 14.0 Å². The highest BCUT2D eigenvalue weighted by Gasteiger charge is 2.59. The topological polar surface area (TPSA) is 110 Å². The van der Waals surface area contributed by atoms with Gasteiger partial charge in [-0.25, -0.2) is 14.2 Å². The predicted molar refractivity (Wildman–Crippen MR) is 139 cm³/mol. The second-order valence-electron chi connectivity index (χ2n) is 11.0. The van der Waals surface area contributed by atoms with Crippen molar-refractivity contribution in [2.45, 2.75) is 65.6 Å². The molecule has 4 rings (SSSR count). The molecule has 1 N–H and O–H groups in total. The van der Waals surface area contributed by atoms with Gasteiger partial charge in [-0.2, -0.15) is 0 Å². The lowest BCUT2D eigenvalue weighted by Crippen LogP contribution is -2.62. The van der Waals surface area contributed by atoms with Gasteiger partial charge in [0.1, 0.15) is 22.9 Å². The normalized spacial score (nSPS) is 21.0. The van der Waals surface area contributed by atoms with Crippen LogP contribution >= 0.6 is 11.6 Å². The quantitative estimate of drug-likeness (QED) is 0.558. The third kappa shape index (κ3) is 5.54. The molecule has 2 atom stereocenters. The van der Waals surface area contributed by atoms with Crippen LogP contribution in [-0.2, 0) is 4.74 Å². The standard InChI is InChI=1S/C26H34ClFN6O4/c1-7-33(15(2)3)22(35)17-12-16(28)8-9-18(17)37-21-19(30-23(27)32-31-21)20-26(10-11-29-13-26)14-34(20)24(36)38-25(4,5)6/h8-9,12,15,20,29H,7,10-11,13-14H2,1-6H3. The number of aromatic nitrogens is 3. The van der Waals surface area contributed by atoms with E-state index in [1.165, 1.54) is 12.1 Å². The van der Waals surface area contributed by atoms with Gasteiger partial charge in [0, 0.05) is 31.1 Å². The van der Waals surface area contributed by atoms with Gasteiger partial charge < -0.3 is 19.7 Å². The Kier molecular flexibility index (Phi) is 7.81. The summed E-state index contributed by atoms with van der Waals surface area (Å²) in [5.74, 6) is -0.889. The predicted octanol–water partition coefficient (Wildman–Crippen LogP) is 4.60. The first-order valence-corrected chi connectivity index (χ1v) is 13.1. The zero-order valence-corrected chi connectivity index (χ0v) is 23.3. The van der Waals surface area contributed by atoms with Gasteiger partial charge in [0.2, 0.25) is 5.28 Å². The molecule has 12 heteroatoms. The first-order chi connectivity index (χ1) is 17.8. The second-order valence-corrected chi connectivity index (χ2v) is 11.3. The molecular weight excluding hydrogens is 515 g/mol. The average molecular weight is 549 g/mol. The van der Waals surface area contributed by atoms with Crippen molar-refractivity contribution in [1.29, 1.82) is 0 Å². The summed E-state index contributed by atoms with van der Waals surface area (Å²) in [4.78, 5) is 34.1. The van der Waals surface area contributed by atoms with E-state index in [0.29, 0.717) is 25.3 Å². The lowest BCUT2D eigenvalue weighted by molar-refractivity contribution is -0.0762. The van der Waals surface area contributed by atoms with Crippen molar-refractivity contribution >= 4 is 23.6 Å². The summed E-state index contributed by atoms with van der Waals surface area (Å²) in [6, 6.07) is 3.04. The van der Waals surface area contributed by atoms with Gasteiger partial charge in [0.15, 0.2) is 0 Å². The Hall–Kier alpha value is -3.05. The number of rotatable bonds is 6. The van der Waals surface area contributed by atoms with Crippen LogP contribution in [0.15, 0.2) is 18.2 Å². The van der Waals surface area contributed by atoms with Gasteiger partial charge in [-0.1, -0.05) is 0 Å². The smallest absolute Gasteiger partial charge is 0.410 e. The molecule has 1 aromatic carbocycles. The Labute approximate surface area is 226 Å². The number of halogens is 2. The first kappa shape index (κ1) is 28.0.